The van der Waals surface area contributed by atoms with Crippen molar-refractivity contribution in [1.82, 2.24) is 25.0 Å². The molecule has 0 saturated heterocycles. The van der Waals surface area contributed by atoms with Gasteiger partial charge in [-0.25, -0.2) is 4.68 Å². The van der Waals surface area contributed by atoms with Crippen LogP contribution in [0.15, 0.2) is 65.5 Å². The van der Waals surface area contributed by atoms with Crippen LogP contribution in [0.4, 0.5) is 5.95 Å². The van der Waals surface area contributed by atoms with Crippen LogP contribution in [0, 0.1) is 13.8 Å². The average Bonchev–Trinajstić information content (AvgIpc) is 3.03. The van der Waals surface area contributed by atoms with E-state index >= 15 is 0 Å². The predicted octanol–water partition coefficient (Wildman–Crippen LogP) is 3.17. The molecule has 2 aromatic heterocycles. The molecule has 0 amide bonds. The lowest BCUT2D eigenvalue weighted by molar-refractivity contribution is 0.832. The zero-order chi connectivity index (χ0) is 20.2. The summed E-state index contributed by atoms with van der Waals surface area (Å²) < 4.78 is 1.92. The first-order valence-electron chi connectivity index (χ1n) is 9.46. The van der Waals surface area contributed by atoms with Crippen molar-refractivity contribution >= 4 is 5.95 Å². The lowest BCUT2D eigenvalue weighted by Crippen LogP contribution is -2.20. The molecule has 146 valence electrons. The molecule has 0 aliphatic rings. The molecular weight excluding hydrogens is 364 g/mol. The molecule has 7 heteroatoms. The first-order valence-corrected chi connectivity index (χ1v) is 9.46. The SMILES string of the molecule is Cc1nn(-c2ccccc2)c(C)c1CNc1nnc(Cc2ccccc2)c(=O)[nH]1. The van der Waals surface area contributed by atoms with Gasteiger partial charge in [-0.15, -0.1) is 10.2 Å². The highest BCUT2D eigenvalue weighted by atomic mass is 16.1. The fourth-order valence-electron chi connectivity index (χ4n) is 3.27. The zero-order valence-electron chi connectivity index (χ0n) is 16.4. The topological polar surface area (TPSA) is 88.5 Å². The third-order valence-corrected chi connectivity index (χ3v) is 4.85. The summed E-state index contributed by atoms with van der Waals surface area (Å²) in [4.78, 5) is 15.1. The molecule has 29 heavy (non-hydrogen) atoms. The van der Waals surface area contributed by atoms with Crippen LogP contribution in [-0.2, 0) is 13.0 Å². The lowest BCUT2D eigenvalue weighted by atomic mass is 10.1. The van der Waals surface area contributed by atoms with Gasteiger partial charge in [-0.3, -0.25) is 9.78 Å². The van der Waals surface area contributed by atoms with Gasteiger partial charge in [0.15, 0.2) is 0 Å². The normalized spacial score (nSPS) is 10.8. The average molecular weight is 386 g/mol. The summed E-state index contributed by atoms with van der Waals surface area (Å²) in [6.07, 6.45) is 0.450. The molecule has 4 aromatic rings. The van der Waals surface area contributed by atoms with Gasteiger partial charge < -0.3 is 5.32 Å². The van der Waals surface area contributed by atoms with E-state index in [1.807, 2.05) is 79.2 Å². The Kier molecular flexibility index (Phi) is 5.20. The van der Waals surface area contributed by atoms with E-state index in [4.69, 9.17) is 0 Å². The smallest absolute Gasteiger partial charge is 0.274 e. The monoisotopic (exact) mass is 386 g/mol. The molecular formula is C22H22N6O. The van der Waals surface area contributed by atoms with Crippen molar-refractivity contribution in [3.63, 3.8) is 0 Å². The molecule has 7 nitrogen and oxygen atoms in total. The highest BCUT2D eigenvalue weighted by Crippen LogP contribution is 2.18. The van der Waals surface area contributed by atoms with E-state index in [-0.39, 0.29) is 5.56 Å². The number of nitrogens with one attached hydrogen (secondary N) is 2. The van der Waals surface area contributed by atoms with Crippen molar-refractivity contribution in [3.05, 3.63) is 99.2 Å². The minimum absolute atomic E-state index is 0.236. The maximum absolute atomic E-state index is 12.4. The van der Waals surface area contributed by atoms with Gasteiger partial charge in [-0.2, -0.15) is 5.10 Å². The van der Waals surface area contributed by atoms with E-state index in [9.17, 15) is 4.79 Å². The van der Waals surface area contributed by atoms with Gasteiger partial charge in [0.25, 0.3) is 5.56 Å². The van der Waals surface area contributed by atoms with Crippen LogP contribution >= 0.6 is 0 Å². The summed E-state index contributed by atoms with van der Waals surface area (Å²) in [6.45, 7) is 4.50. The number of rotatable bonds is 6. The minimum atomic E-state index is -0.236. The first-order chi connectivity index (χ1) is 14.1. The maximum Gasteiger partial charge on any atom is 0.274 e. The van der Waals surface area contributed by atoms with Crippen LogP contribution in [0.3, 0.4) is 0 Å². The number of anilines is 1. The van der Waals surface area contributed by atoms with Gasteiger partial charge in [-0.1, -0.05) is 48.5 Å². The molecule has 2 N–H and O–H groups in total. The largest absolute Gasteiger partial charge is 0.350 e. The zero-order valence-corrected chi connectivity index (χ0v) is 16.4. The molecule has 0 spiro atoms. The Morgan fingerprint density at radius 1 is 0.966 bits per heavy atom. The number of para-hydroxylation sites is 1. The van der Waals surface area contributed by atoms with Crippen molar-refractivity contribution in [2.45, 2.75) is 26.8 Å². The number of H-pyrrole nitrogens is 1. The Hall–Kier alpha value is -3.74. The summed E-state index contributed by atoms with van der Waals surface area (Å²) in [5.74, 6) is 0.345. The fourth-order valence-corrected chi connectivity index (χ4v) is 3.27. The van der Waals surface area contributed by atoms with Crippen molar-refractivity contribution in [2.24, 2.45) is 0 Å². The number of aryl methyl sites for hydroxylation is 1. The van der Waals surface area contributed by atoms with E-state index < -0.39 is 0 Å². The highest BCUT2D eigenvalue weighted by molar-refractivity contribution is 5.38. The summed E-state index contributed by atoms with van der Waals surface area (Å²) in [7, 11) is 0. The van der Waals surface area contributed by atoms with Gasteiger partial charge >= 0.3 is 0 Å². The number of aromatic nitrogens is 5. The molecule has 2 aromatic carbocycles. The number of benzene rings is 2. The molecule has 0 bridgehead atoms. The molecule has 0 fully saturated rings. The maximum atomic E-state index is 12.4. The van der Waals surface area contributed by atoms with Crippen LogP contribution in [0.25, 0.3) is 5.69 Å². The van der Waals surface area contributed by atoms with Crippen LogP contribution in [0.1, 0.15) is 28.2 Å². The summed E-state index contributed by atoms with van der Waals surface area (Å²) in [5, 5.41) is 16.0. The van der Waals surface area contributed by atoms with E-state index in [1.54, 1.807) is 0 Å². The van der Waals surface area contributed by atoms with E-state index in [2.05, 4.69) is 25.6 Å². The summed E-state index contributed by atoms with van der Waals surface area (Å²) in [5.41, 5.74) is 5.22. The Balaban J connectivity index is 1.49. The number of aromatic amines is 1. The minimum Gasteiger partial charge on any atom is -0.350 e. The molecule has 0 atom stereocenters. The van der Waals surface area contributed by atoms with E-state index in [1.165, 1.54) is 0 Å². The molecule has 0 aliphatic heterocycles. The Morgan fingerprint density at radius 3 is 2.34 bits per heavy atom. The third kappa shape index (κ3) is 4.08. The highest BCUT2D eigenvalue weighted by Gasteiger charge is 2.13. The molecule has 0 aliphatic carbocycles. The van der Waals surface area contributed by atoms with Gasteiger partial charge in [0, 0.05) is 24.2 Å². The second-order valence-corrected chi connectivity index (χ2v) is 6.86. The molecule has 0 saturated carbocycles. The molecule has 0 radical (unpaired) electrons. The van der Waals surface area contributed by atoms with Crippen LogP contribution in [-0.4, -0.2) is 25.0 Å². The van der Waals surface area contributed by atoms with Crippen LogP contribution in [0.5, 0.6) is 0 Å². The van der Waals surface area contributed by atoms with E-state index in [0.29, 0.717) is 24.6 Å². The van der Waals surface area contributed by atoms with E-state index in [0.717, 1.165) is 28.2 Å². The van der Waals surface area contributed by atoms with Crippen LogP contribution in [0.2, 0.25) is 0 Å². The summed E-state index contributed by atoms with van der Waals surface area (Å²) in [6, 6.07) is 19.7. The second kappa shape index (κ2) is 8.10. The number of hydrogen-bond donors (Lipinski definition) is 2. The van der Waals surface area contributed by atoms with Gasteiger partial charge in [-0.05, 0) is 31.5 Å². The molecule has 0 unspecified atom stereocenters. The molecule has 2 heterocycles. The Morgan fingerprint density at radius 2 is 1.66 bits per heavy atom. The van der Waals surface area contributed by atoms with Crippen molar-refractivity contribution < 1.29 is 0 Å². The quantitative estimate of drug-likeness (QED) is 0.531. The Labute approximate surface area is 168 Å². The summed E-state index contributed by atoms with van der Waals surface area (Å²) >= 11 is 0. The predicted molar refractivity (Wildman–Crippen MR) is 112 cm³/mol. The van der Waals surface area contributed by atoms with Crippen molar-refractivity contribution in [1.29, 1.82) is 0 Å². The number of hydrogen-bond acceptors (Lipinski definition) is 5. The standard InChI is InChI=1S/C22H22N6O/c1-15-19(16(2)28(27-15)18-11-7-4-8-12-18)14-23-22-24-21(29)20(25-26-22)13-17-9-5-3-6-10-17/h3-12H,13-14H2,1-2H3,(H2,23,24,26,29). The third-order valence-electron chi connectivity index (χ3n) is 4.85. The Bertz CT molecular complexity index is 1170. The second-order valence-electron chi connectivity index (χ2n) is 6.86. The van der Waals surface area contributed by atoms with Gasteiger partial charge in [0.2, 0.25) is 5.95 Å². The number of nitrogens with zero attached hydrogens (tertiary/aromatic N) is 4. The van der Waals surface area contributed by atoms with Gasteiger partial charge in [0.05, 0.1) is 11.4 Å². The fraction of sp³-hybridized carbons (Fsp3) is 0.182. The van der Waals surface area contributed by atoms with Crippen molar-refractivity contribution in [2.75, 3.05) is 5.32 Å². The first kappa shape index (κ1) is 18.6. The molecule has 4 rings (SSSR count). The van der Waals surface area contributed by atoms with Crippen LogP contribution < -0.4 is 10.9 Å². The van der Waals surface area contributed by atoms with Crippen molar-refractivity contribution in [3.8, 4) is 5.69 Å². The lowest BCUT2D eigenvalue weighted by Gasteiger charge is -2.07. The van der Waals surface area contributed by atoms with Gasteiger partial charge in [0.1, 0.15) is 5.69 Å².